The van der Waals surface area contributed by atoms with Gasteiger partial charge in [-0.15, -0.1) is 0 Å². The van der Waals surface area contributed by atoms with Crippen molar-refractivity contribution in [3.05, 3.63) is 89.2 Å². The fraction of sp³-hybridized carbons (Fsp3) is 0.150. The molecule has 0 aliphatic carbocycles. The molecule has 0 spiro atoms. The molecule has 0 radical (unpaired) electrons. The highest BCUT2D eigenvalue weighted by molar-refractivity contribution is 6.30. The smallest absolute Gasteiger partial charge is 0.226 e. The van der Waals surface area contributed by atoms with Crippen molar-refractivity contribution >= 4 is 23.2 Å². The topological polar surface area (TPSA) is 34.0 Å². The van der Waals surface area contributed by atoms with E-state index >= 15 is 0 Å². The van der Waals surface area contributed by atoms with Gasteiger partial charge in [-0.05, 0) is 42.8 Å². The van der Waals surface area contributed by atoms with Crippen molar-refractivity contribution in [2.45, 2.75) is 19.4 Å². The summed E-state index contributed by atoms with van der Waals surface area (Å²) in [7, 11) is 0. The molecule has 0 saturated carbocycles. The molecule has 1 aromatic heterocycles. The molecule has 24 heavy (non-hydrogen) atoms. The Kier molecular flexibility index (Phi) is 5.02. The Morgan fingerprint density at radius 1 is 1.08 bits per heavy atom. The molecular weight excluding hydrogens is 320 g/mol. The molecule has 0 saturated heterocycles. The number of hydrogen-bond donors (Lipinski definition) is 1. The second-order valence-electron chi connectivity index (χ2n) is 5.82. The van der Waals surface area contributed by atoms with Crippen LogP contribution in [-0.2, 0) is 4.79 Å². The van der Waals surface area contributed by atoms with Crippen LogP contribution in [0.2, 0.25) is 5.02 Å². The summed E-state index contributed by atoms with van der Waals surface area (Å²) in [6.45, 7) is 2.06. The van der Waals surface area contributed by atoms with Gasteiger partial charge in [-0.1, -0.05) is 47.5 Å². The number of nitrogens with one attached hydrogen (secondary N) is 1. The summed E-state index contributed by atoms with van der Waals surface area (Å²) in [6, 6.07) is 19.3. The third-order valence-corrected chi connectivity index (χ3v) is 4.14. The molecule has 3 rings (SSSR count). The molecule has 0 aliphatic heterocycles. The Morgan fingerprint density at radius 2 is 1.83 bits per heavy atom. The number of hydrogen-bond acceptors (Lipinski definition) is 1. The van der Waals surface area contributed by atoms with Crippen molar-refractivity contribution in [3.8, 4) is 0 Å². The summed E-state index contributed by atoms with van der Waals surface area (Å²) < 4.78 is 2.06. The van der Waals surface area contributed by atoms with Crippen LogP contribution in [0.3, 0.4) is 0 Å². The molecule has 0 fully saturated rings. The van der Waals surface area contributed by atoms with Crippen LogP contribution in [0.4, 0.5) is 5.69 Å². The van der Waals surface area contributed by atoms with Gasteiger partial charge in [0.1, 0.15) is 0 Å². The predicted octanol–water partition coefficient (Wildman–Crippen LogP) is 5.07. The molecule has 1 amide bonds. The second kappa shape index (κ2) is 7.37. The van der Waals surface area contributed by atoms with Gasteiger partial charge in [-0.25, -0.2) is 0 Å². The van der Waals surface area contributed by atoms with Gasteiger partial charge in [0.15, 0.2) is 0 Å². The lowest BCUT2D eigenvalue weighted by atomic mass is 10.0. The van der Waals surface area contributed by atoms with Gasteiger partial charge in [-0.2, -0.15) is 0 Å². The minimum atomic E-state index is -0.0440. The number of rotatable bonds is 5. The highest BCUT2D eigenvalue weighted by Gasteiger charge is 2.17. The van der Waals surface area contributed by atoms with E-state index in [9.17, 15) is 4.79 Å². The highest BCUT2D eigenvalue weighted by atomic mass is 35.5. The molecule has 4 heteroatoms. The standard InChI is InChI=1S/C20H19ClN2O/c1-15-6-4-7-16(12-15)19(23-10-2-3-11-23)14-20(24)22-18-9-5-8-17(21)13-18/h2-13,19H,14H2,1H3,(H,22,24)/t19-/m1/s1. The number of aromatic nitrogens is 1. The van der Waals surface area contributed by atoms with Gasteiger partial charge in [0.05, 0.1) is 12.5 Å². The Balaban J connectivity index is 1.80. The Bertz CT molecular complexity index is 827. The predicted molar refractivity (Wildman–Crippen MR) is 98.4 cm³/mol. The first kappa shape index (κ1) is 16.3. The number of anilines is 1. The first-order chi connectivity index (χ1) is 11.6. The fourth-order valence-electron chi connectivity index (χ4n) is 2.78. The molecule has 0 aliphatic rings. The van der Waals surface area contributed by atoms with Gasteiger partial charge in [-0.3, -0.25) is 4.79 Å². The molecule has 122 valence electrons. The SMILES string of the molecule is Cc1cccc([C@@H](CC(=O)Nc2cccc(Cl)c2)n2cccc2)c1. The molecule has 3 aromatic rings. The molecule has 0 unspecified atom stereocenters. The number of amides is 1. The van der Waals surface area contributed by atoms with Crippen molar-refractivity contribution in [2.24, 2.45) is 0 Å². The van der Waals surface area contributed by atoms with Gasteiger partial charge in [0.2, 0.25) is 5.91 Å². The van der Waals surface area contributed by atoms with E-state index in [1.807, 2.05) is 42.7 Å². The minimum Gasteiger partial charge on any atom is -0.346 e. The van der Waals surface area contributed by atoms with Crippen LogP contribution in [0.25, 0.3) is 0 Å². The third-order valence-electron chi connectivity index (χ3n) is 3.90. The van der Waals surface area contributed by atoms with Crippen molar-refractivity contribution < 1.29 is 4.79 Å². The van der Waals surface area contributed by atoms with Crippen LogP contribution in [0.5, 0.6) is 0 Å². The number of nitrogens with zero attached hydrogens (tertiary/aromatic N) is 1. The lowest BCUT2D eigenvalue weighted by Crippen LogP contribution is -2.19. The Morgan fingerprint density at radius 3 is 2.54 bits per heavy atom. The van der Waals surface area contributed by atoms with E-state index < -0.39 is 0 Å². The number of benzene rings is 2. The Labute approximate surface area is 146 Å². The second-order valence-corrected chi connectivity index (χ2v) is 6.26. The maximum Gasteiger partial charge on any atom is 0.226 e. The van der Waals surface area contributed by atoms with Crippen molar-refractivity contribution in [2.75, 3.05) is 5.32 Å². The number of carbonyl (C=O) groups is 1. The van der Waals surface area contributed by atoms with Crippen LogP contribution in [0.1, 0.15) is 23.6 Å². The monoisotopic (exact) mass is 338 g/mol. The summed E-state index contributed by atoms with van der Waals surface area (Å²) in [6.07, 6.45) is 4.32. The van der Waals surface area contributed by atoms with Crippen molar-refractivity contribution in [1.29, 1.82) is 0 Å². The van der Waals surface area contributed by atoms with Gasteiger partial charge in [0, 0.05) is 23.1 Å². The summed E-state index contributed by atoms with van der Waals surface area (Å²) in [5.41, 5.74) is 3.01. The lowest BCUT2D eigenvalue weighted by Gasteiger charge is -2.20. The minimum absolute atomic E-state index is 0.0425. The van der Waals surface area contributed by atoms with E-state index in [2.05, 4.69) is 35.0 Å². The third kappa shape index (κ3) is 4.06. The zero-order valence-corrected chi connectivity index (χ0v) is 14.2. The van der Waals surface area contributed by atoms with E-state index in [1.165, 1.54) is 5.56 Å². The average Bonchev–Trinajstić information content (AvgIpc) is 3.07. The number of carbonyl (C=O) groups excluding carboxylic acids is 1. The lowest BCUT2D eigenvalue weighted by molar-refractivity contribution is -0.116. The van der Waals surface area contributed by atoms with Crippen LogP contribution < -0.4 is 5.32 Å². The van der Waals surface area contributed by atoms with E-state index in [-0.39, 0.29) is 11.9 Å². The van der Waals surface area contributed by atoms with Gasteiger partial charge in [0.25, 0.3) is 0 Å². The summed E-state index contributed by atoms with van der Waals surface area (Å²) in [4.78, 5) is 12.5. The van der Waals surface area contributed by atoms with Crippen LogP contribution in [-0.4, -0.2) is 10.5 Å². The van der Waals surface area contributed by atoms with Crippen molar-refractivity contribution in [1.82, 2.24) is 4.57 Å². The summed E-state index contributed by atoms with van der Waals surface area (Å²) in [5, 5.41) is 3.53. The quantitative estimate of drug-likeness (QED) is 0.692. The largest absolute Gasteiger partial charge is 0.346 e. The van der Waals surface area contributed by atoms with Gasteiger partial charge < -0.3 is 9.88 Å². The van der Waals surface area contributed by atoms with E-state index in [1.54, 1.807) is 12.1 Å². The van der Waals surface area contributed by atoms with E-state index in [0.29, 0.717) is 17.1 Å². The average molecular weight is 339 g/mol. The van der Waals surface area contributed by atoms with E-state index in [4.69, 9.17) is 11.6 Å². The number of halogens is 1. The normalized spacial score (nSPS) is 11.9. The van der Waals surface area contributed by atoms with Crippen LogP contribution in [0.15, 0.2) is 73.1 Å². The first-order valence-corrected chi connectivity index (χ1v) is 8.24. The maximum absolute atomic E-state index is 12.5. The molecule has 1 N–H and O–H groups in total. The highest BCUT2D eigenvalue weighted by Crippen LogP contribution is 2.24. The molecular formula is C20H19ClN2O. The zero-order chi connectivity index (χ0) is 16.9. The fourth-order valence-corrected chi connectivity index (χ4v) is 2.97. The van der Waals surface area contributed by atoms with E-state index in [0.717, 1.165) is 5.56 Å². The van der Waals surface area contributed by atoms with Crippen LogP contribution in [0, 0.1) is 6.92 Å². The molecule has 1 atom stereocenters. The van der Waals surface area contributed by atoms with Crippen molar-refractivity contribution in [3.63, 3.8) is 0 Å². The Hall–Kier alpha value is -2.52. The van der Waals surface area contributed by atoms with Crippen LogP contribution >= 0.6 is 11.6 Å². The summed E-state index contributed by atoms with van der Waals surface area (Å²) >= 11 is 5.97. The summed E-state index contributed by atoms with van der Waals surface area (Å²) in [5.74, 6) is -0.0440. The molecule has 3 nitrogen and oxygen atoms in total. The van der Waals surface area contributed by atoms with Gasteiger partial charge >= 0.3 is 0 Å². The number of aryl methyl sites for hydroxylation is 1. The molecule has 1 heterocycles. The zero-order valence-electron chi connectivity index (χ0n) is 13.4. The maximum atomic E-state index is 12.5. The molecule has 2 aromatic carbocycles. The molecule has 0 bridgehead atoms. The first-order valence-electron chi connectivity index (χ1n) is 7.86.